The second-order valence-electron chi connectivity index (χ2n) is 4.77. The Bertz CT molecular complexity index is 896. The van der Waals surface area contributed by atoms with Gasteiger partial charge in [0.1, 0.15) is 10.8 Å². The van der Waals surface area contributed by atoms with Gasteiger partial charge in [-0.15, -0.1) is 10.2 Å². The molecule has 0 fully saturated rings. The predicted molar refractivity (Wildman–Crippen MR) is 97.1 cm³/mol. The molecule has 1 heterocycles. The number of carbonyl (C=O) groups is 1. The molecule has 0 aliphatic rings. The van der Waals surface area contributed by atoms with E-state index in [1.54, 1.807) is 12.1 Å². The lowest BCUT2D eigenvalue weighted by Crippen LogP contribution is -2.07. The summed E-state index contributed by atoms with van der Waals surface area (Å²) in [5.74, 6) is -0.797. The van der Waals surface area contributed by atoms with E-state index in [4.69, 9.17) is 0 Å². The molecule has 0 bridgehead atoms. The van der Waals surface area contributed by atoms with Crippen LogP contribution in [0.4, 0.5) is 9.52 Å². The first-order valence-electron chi connectivity index (χ1n) is 6.95. The number of benzene rings is 2. The van der Waals surface area contributed by atoms with E-state index in [1.165, 1.54) is 29.6 Å². The number of hydrogen-bond donors (Lipinski definition) is 1. The number of nitrogens with zero attached hydrogens (tertiary/aromatic N) is 2. The highest BCUT2D eigenvalue weighted by atomic mass is 79.9. The fourth-order valence-corrected chi connectivity index (χ4v) is 3.06. The monoisotopic (exact) mass is 403 g/mol. The van der Waals surface area contributed by atoms with Gasteiger partial charge in [-0.2, -0.15) is 0 Å². The highest BCUT2D eigenvalue weighted by Crippen LogP contribution is 2.25. The standard InChI is InChI=1S/C17H11BrFN3OS/c18-13-7-8-14(19)12(10-13)6-9-15(23)20-17-22-21-16(24-17)11-4-2-1-3-5-11/h1-10H,(H,20,22,23)/b9-6+. The Balaban J connectivity index is 1.68. The largest absolute Gasteiger partial charge is 0.297 e. The Morgan fingerprint density at radius 1 is 1.17 bits per heavy atom. The number of aromatic nitrogens is 2. The van der Waals surface area contributed by atoms with Crippen LogP contribution in [0.15, 0.2) is 59.1 Å². The maximum atomic E-state index is 13.6. The van der Waals surface area contributed by atoms with E-state index in [1.807, 2.05) is 30.3 Å². The van der Waals surface area contributed by atoms with Crippen LogP contribution in [0.1, 0.15) is 5.56 Å². The van der Waals surface area contributed by atoms with Crippen LogP contribution < -0.4 is 5.32 Å². The van der Waals surface area contributed by atoms with Crippen LogP contribution in [0.25, 0.3) is 16.6 Å². The molecule has 3 aromatic rings. The molecule has 4 nitrogen and oxygen atoms in total. The molecule has 2 aromatic carbocycles. The van der Waals surface area contributed by atoms with Crippen molar-refractivity contribution in [2.45, 2.75) is 0 Å². The van der Waals surface area contributed by atoms with Gasteiger partial charge in [0.15, 0.2) is 0 Å². The van der Waals surface area contributed by atoms with E-state index in [9.17, 15) is 9.18 Å². The molecule has 0 spiro atoms. The lowest BCUT2D eigenvalue weighted by atomic mass is 10.2. The lowest BCUT2D eigenvalue weighted by Gasteiger charge is -1.98. The summed E-state index contributed by atoms with van der Waals surface area (Å²) in [5.41, 5.74) is 1.25. The van der Waals surface area contributed by atoms with E-state index in [0.29, 0.717) is 15.7 Å². The summed E-state index contributed by atoms with van der Waals surface area (Å²) in [7, 11) is 0. The van der Waals surface area contributed by atoms with Crippen LogP contribution in [-0.2, 0) is 4.79 Å². The summed E-state index contributed by atoms with van der Waals surface area (Å²) in [6.07, 6.45) is 2.67. The van der Waals surface area contributed by atoms with Crippen molar-refractivity contribution in [1.82, 2.24) is 10.2 Å². The molecule has 7 heteroatoms. The first-order valence-corrected chi connectivity index (χ1v) is 8.56. The number of anilines is 1. The number of amides is 1. The number of halogens is 2. The van der Waals surface area contributed by atoms with Gasteiger partial charge in [-0.3, -0.25) is 10.1 Å². The van der Waals surface area contributed by atoms with Crippen molar-refractivity contribution in [3.05, 3.63) is 70.5 Å². The Morgan fingerprint density at radius 3 is 2.75 bits per heavy atom. The maximum Gasteiger partial charge on any atom is 0.250 e. The molecule has 0 aliphatic carbocycles. The molecule has 0 radical (unpaired) electrons. The molecule has 24 heavy (non-hydrogen) atoms. The quantitative estimate of drug-likeness (QED) is 0.638. The van der Waals surface area contributed by atoms with Crippen LogP contribution in [-0.4, -0.2) is 16.1 Å². The zero-order chi connectivity index (χ0) is 16.9. The van der Waals surface area contributed by atoms with Crippen molar-refractivity contribution in [3.63, 3.8) is 0 Å². The second kappa shape index (κ2) is 7.46. The van der Waals surface area contributed by atoms with Crippen LogP contribution in [0.5, 0.6) is 0 Å². The third-order valence-electron chi connectivity index (χ3n) is 3.05. The number of rotatable bonds is 4. The summed E-state index contributed by atoms with van der Waals surface area (Å²) in [6, 6.07) is 14.1. The first kappa shape index (κ1) is 16.5. The van der Waals surface area contributed by atoms with Crippen LogP contribution >= 0.6 is 27.3 Å². The zero-order valence-corrected chi connectivity index (χ0v) is 14.6. The summed E-state index contributed by atoms with van der Waals surface area (Å²) in [4.78, 5) is 11.9. The molecular weight excluding hydrogens is 393 g/mol. The van der Waals surface area contributed by atoms with Crippen molar-refractivity contribution in [2.24, 2.45) is 0 Å². The van der Waals surface area contributed by atoms with Gasteiger partial charge in [0.05, 0.1) is 0 Å². The van der Waals surface area contributed by atoms with Gasteiger partial charge < -0.3 is 0 Å². The molecular formula is C17H11BrFN3OS. The van der Waals surface area contributed by atoms with E-state index in [-0.39, 0.29) is 0 Å². The summed E-state index contributed by atoms with van der Waals surface area (Å²) >= 11 is 4.54. The van der Waals surface area contributed by atoms with E-state index < -0.39 is 11.7 Å². The highest BCUT2D eigenvalue weighted by molar-refractivity contribution is 9.10. The minimum Gasteiger partial charge on any atom is -0.297 e. The molecule has 0 atom stereocenters. The third kappa shape index (κ3) is 4.12. The smallest absolute Gasteiger partial charge is 0.250 e. The average Bonchev–Trinajstić information content (AvgIpc) is 3.05. The summed E-state index contributed by atoms with van der Waals surface area (Å²) in [5, 5.41) is 11.7. The van der Waals surface area contributed by atoms with Crippen molar-refractivity contribution in [1.29, 1.82) is 0 Å². The fraction of sp³-hybridized carbons (Fsp3) is 0. The van der Waals surface area contributed by atoms with Crippen molar-refractivity contribution in [2.75, 3.05) is 5.32 Å². The molecule has 0 saturated carbocycles. The van der Waals surface area contributed by atoms with Gasteiger partial charge in [0.25, 0.3) is 0 Å². The molecule has 0 aliphatic heterocycles. The predicted octanol–water partition coefficient (Wildman–Crippen LogP) is 4.76. The Labute approximate surface area is 150 Å². The minimum atomic E-state index is -0.399. The normalized spacial score (nSPS) is 10.9. The molecule has 0 saturated heterocycles. The fourth-order valence-electron chi connectivity index (χ4n) is 1.93. The van der Waals surface area contributed by atoms with E-state index in [0.717, 1.165) is 10.0 Å². The van der Waals surface area contributed by atoms with Gasteiger partial charge >= 0.3 is 0 Å². The Morgan fingerprint density at radius 2 is 1.96 bits per heavy atom. The third-order valence-corrected chi connectivity index (χ3v) is 4.43. The average molecular weight is 404 g/mol. The highest BCUT2D eigenvalue weighted by Gasteiger charge is 2.08. The second-order valence-corrected chi connectivity index (χ2v) is 6.66. The Kier molecular flexibility index (Phi) is 5.12. The Hall–Kier alpha value is -2.38. The summed E-state index contributed by atoms with van der Waals surface area (Å²) < 4.78 is 14.4. The van der Waals surface area contributed by atoms with Crippen LogP contribution in [0.3, 0.4) is 0 Å². The van der Waals surface area contributed by atoms with Gasteiger partial charge in [-0.05, 0) is 24.3 Å². The minimum absolute atomic E-state index is 0.321. The van der Waals surface area contributed by atoms with Crippen LogP contribution in [0.2, 0.25) is 0 Å². The van der Waals surface area contributed by atoms with Gasteiger partial charge in [-0.25, -0.2) is 4.39 Å². The van der Waals surface area contributed by atoms with Crippen LogP contribution in [0, 0.1) is 5.82 Å². The number of nitrogens with one attached hydrogen (secondary N) is 1. The molecule has 0 unspecified atom stereocenters. The van der Waals surface area contributed by atoms with Crippen molar-refractivity contribution < 1.29 is 9.18 Å². The number of hydrogen-bond acceptors (Lipinski definition) is 4. The zero-order valence-electron chi connectivity index (χ0n) is 12.2. The summed E-state index contributed by atoms with van der Waals surface area (Å²) in [6.45, 7) is 0. The van der Waals surface area contributed by atoms with E-state index >= 15 is 0 Å². The van der Waals surface area contributed by atoms with Crippen molar-refractivity contribution >= 4 is 44.4 Å². The van der Waals surface area contributed by atoms with Crippen molar-refractivity contribution in [3.8, 4) is 10.6 Å². The SMILES string of the molecule is O=C(/C=C/c1cc(Br)ccc1F)Nc1nnc(-c2ccccc2)s1. The topological polar surface area (TPSA) is 54.9 Å². The molecule has 3 rings (SSSR count). The first-order chi connectivity index (χ1) is 11.6. The van der Waals surface area contributed by atoms with E-state index in [2.05, 4.69) is 31.4 Å². The van der Waals surface area contributed by atoms with Gasteiger partial charge in [0.2, 0.25) is 11.0 Å². The maximum absolute atomic E-state index is 13.6. The molecule has 120 valence electrons. The molecule has 1 amide bonds. The lowest BCUT2D eigenvalue weighted by molar-refractivity contribution is -0.111. The number of carbonyl (C=O) groups excluding carboxylic acids is 1. The molecule has 1 aromatic heterocycles. The van der Waals surface area contributed by atoms with Gasteiger partial charge in [0, 0.05) is 21.7 Å². The molecule has 1 N–H and O–H groups in total. The van der Waals surface area contributed by atoms with Gasteiger partial charge in [-0.1, -0.05) is 57.6 Å².